The summed E-state index contributed by atoms with van der Waals surface area (Å²) in [6.07, 6.45) is 1.04. The summed E-state index contributed by atoms with van der Waals surface area (Å²) in [4.78, 5) is 16.0. The molecule has 3 rings (SSSR count). The zero-order valence-corrected chi connectivity index (χ0v) is 12.3. The molecule has 0 spiro atoms. The van der Waals surface area contributed by atoms with Gasteiger partial charge in [-0.2, -0.15) is 0 Å². The van der Waals surface area contributed by atoms with Crippen LogP contribution in [0.2, 0.25) is 0 Å². The number of nitrogens with zero attached hydrogens (tertiary/aromatic N) is 1. The number of thiophene rings is 1. The largest absolute Gasteiger partial charge is 0.358 e. The van der Waals surface area contributed by atoms with Crippen LogP contribution in [0.15, 0.2) is 41.8 Å². The second kappa shape index (κ2) is 5.77. The summed E-state index contributed by atoms with van der Waals surface area (Å²) in [7, 11) is 1.71. The van der Waals surface area contributed by atoms with Gasteiger partial charge in [0.25, 0.3) is 0 Å². The van der Waals surface area contributed by atoms with Crippen LogP contribution >= 0.6 is 11.3 Å². The normalized spacial score (nSPS) is 16.4. The molecule has 2 aromatic rings. The van der Waals surface area contributed by atoms with E-state index in [0.29, 0.717) is 0 Å². The van der Waals surface area contributed by atoms with Gasteiger partial charge in [0.1, 0.15) is 6.04 Å². The zero-order valence-electron chi connectivity index (χ0n) is 11.5. The highest BCUT2D eigenvalue weighted by atomic mass is 32.1. The summed E-state index contributed by atoms with van der Waals surface area (Å²) >= 11 is 1.82. The predicted molar refractivity (Wildman–Crippen MR) is 81.7 cm³/mol. The molecule has 0 aliphatic carbocycles. The van der Waals surface area contributed by atoms with Crippen LogP contribution in [-0.4, -0.2) is 24.4 Å². The van der Waals surface area contributed by atoms with E-state index in [0.717, 1.165) is 25.1 Å². The predicted octanol–water partition coefficient (Wildman–Crippen LogP) is 2.59. The highest BCUT2D eigenvalue weighted by molar-refractivity contribution is 7.10. The molecule has 1 N–H and O–H groups in total. The van der Waals surface area contributed by atoms with Crippen LogP contribution in [0.3, 0.4) is 0 Å². The molecule has 3 nitrogen and oxygen atoms in total. The van der Waals surface area contributed by atoms with Gasteiger partial charge in [-0.3, -0.25) is 9.69 Å². The maximum Gasteiger partial charge on any atom is 0.241 e. The minimum absolute atomic E-state index is 0.0647. The van der Waals surface area contributed by atoms with Gasteiger partial charge in [0.05, 0.1) is 0 Å². The number of carbonyl (C=O) groups excluding carboxylic acids is 1. The molecule has 4 heteroatoms. The highest BCUT2D eigenvalue weighted by Gasteiger charge is 2.29. The molecule has 104 valence electrons. The average molecular weight is 286 g/mol. The fourth-order valence-corrected chi connectivity index (χ4v) is 3.68. The van der Waals surface area contributed by atoms with Gasteiger partial charge in [0, 0.05) is 25.0 Å². The Hall–Kier alpha value is -1.65. The second-order valence-electron chi connectivity index (χ2n) is 5.02. The van der Waals surface area contributed by atoms with Crippen molar-refractivity contribution in [3.8, 4) is 0 Å². The molecular weight excluding hydrogens is 268 g/mol. The minimum Gasteiger partial charge on any atom is -0.358 e. The molecule has 1 aliphatic rings. The van der Waals surface area contributed by atoms with E-state index in [1.165, 1.54) is 10.4 Å². The van der Waals surface area contributed by atoms with Gasteiger partial charge in [-0.1, -0.05) is 30.3 Å². The Balaban J connectivity index is 1.89. The van der Waals surface area contributed by atoms with Gasteiger partial charge < -0.3 is 5.32 Å². The number of hydrogen-bond donors (Lipinski definition) is 1. The monoisotopic (exact) mass is 286 g/mol. The Bertz CT molecular complexity index is 594. The topological polar surface area (TPSA) is 32.3 Å². The highest BCUT2D eigenvalue weighted by Crippen LogP contribution is 2.30. The van der Waals surface area contributed by atoms with Crippen LogP contribution < -0.4 is 5.32 Å². The van der Waals surface area contributed by atoms with Crippen molar-refractivity contribution in [2.75, 3.05) is 13.6 Å². The molecule has 0 radical (unpaired) electrons. The lowest BCUT2D eigenvalue weighted by Gasteiger charge is -2.33. The quantitative estimate of drug-likeness (QED) is 0.940. The molecule has 0 saturated heterocycles. The van der Waals surface area contributed by atoms with E-state index in [2.05, 4.69) is 21.7 Å². The SMILES string of the molecule is CNC(=O)C(c1ccccc1)N1CCc2sccc2C1. The summed E-state index contributed by atoms with van der Waals surface area (Å²) in [5.74, 6) is 0.0647. The summed E-state index contributed by atoms with van der Waals surface area (Å²) in [6.45, 7) is 1.78. The van der Waals surface area contributed by atoms with E-state index in [9.17, 15) is 4.79 Å². The third-order valence-corrected chi connectivity index (χ3v) is 4.84. The molecule has 2 heterocycles. The first kappa shape index (κ1) is 13.3. The van der Waals surface area contributed by atoms with Crippen molar-refractivity contribution in [1.82, 2.24) is 10.2 Å². The smallest absolute Gasteiger partial charge is 0.241 e. The summed E-state index contributed by atoms with van der Waals surface area (Å²) < 4.78 is 0. The van der Waals surface area contributed by atoms with Crippen LogP contribution in [-0.2, 0) is 17.8 Å². The first-order valence-corrected chi connectivity index (χ1v) is 7.73. The van der Waals surface area contributed by atoms with Crippen molar-refractivity contribution < 1.29 is 4.79 Å². The first-order valence-electron chi connectivity index (χ1n) is 6.85. The van der Waals surface area contributed by atoms with Crippen LogP contribution in [0.1, 0.15) is 22.0 Å². The van der Waals surface area contributed by atoms with Crippen LogP contribution in [0.25, 0.3) is 0 Å². The van der Waals surface area contributed by atoms with Gasteiger partial charge in [-0.15, -0.1) is 11.3 Å². The van der Waals surface area contributed by atoms with Gasteiger partial charge in [0.15, 0.2) is 0 Å². The molecular formula is C16H18N2OS. The number of nitrogens with one attached hydrogen (secondary N) is 1. The second-order valence-corrected chi connectivity index (χ2v) is 6.02. The Kier molecular flexibility index (Phi) is 3.85. The molecule has 1 aliphatic heterocycles. The lowest BCUT2D eigenvalue weighted by molar-refractivity contribution is -0.126. The van der Waals surface area contributed by atoms with Gasteiger partial charge in [0.2, 0.25) is 5.91 Å². The van der Waals surface area contributed by atoms with Crippen molar-refractivity contribution >= 4 is 17.2 Å². The number of hydrogen-bond acceptors (Lipinski definition) is 3. The Labute approximate surface area is 123 Å². The van der Waals surface area contributed by atoms with Crippen LogP contribution in [0.4, 0.5) is 0 Å². The standard InChI is InChI=1S/C16H18N2OS/c1-17-16(19)15(12-5-3-2-4-6-12)18-9-7-14-13(11-18)8-10-20-14/h2-6,8,10,15H,7,9,11H2,1H3,(H,17,19). The molecule has 0 saturated carbocycles. The minimum atomic E-state index is -0.200. The first-order chi connectivity index (χ1) is 9.79. The number of carbonyl (C=O) groups is 1. The average Bonchev–Trinajstić information content (AvgIpc) is 2.96. The van der Waals surface area contributed by atoms with E-state index in [4.69, 9.17) is 0 Å². The van der Waals surface area contributed by atoms with Crippen LogP contribution in [0.5, 0.6) is 0 Å². The third kappa shape index (κ3) is 2.49. The Morgan fingerprint density at radius 2 is 2.10 bits per heavy atom. The number of benzene rings is 1. The van der Waals surface area contributed by atoms with Gasteiger partial charge >= 0.3 is 0 Å². The maximum atomic E-state index is 12.3. The van der Waals surface area contributed by atoms with E-state index in [1.54, 1.807) is 7.05 Å². The lowest BCUT2D eigenvalue weighted by atomic mass is 10.0. The van der Waals surface area contributed by atoms with Crippen molar-refractivity contribution in [1.29, 1.82) is 0 Å². The number of fused-ring (bicyclic) bond motifs is 1. The van der Waals surface area contributed by atoms with E-state index in [1.807, 2.05) is 41.7 Å². The number of rotatable bonds is 3. The zero-order chi connectivity index (χ0) is 13.9. The molecule has 1 atom stereocenters. The fourth-order valence-electron chi connectivity index (χ4n) is 2.79. The molecule has 0 fully saturated rings. The van der Waals surface area contributed by atoms with Crippen molar-refractivity contribution in [2.24, 2.45) is 0 Å². The van der Waals surface area contributed by atoms with Crippen molar-refractivity contribution in [3.63, 3.8) is 0 Å². The molecule has 1 unspecified atom stereocenters. The van der Waals surface area contributed by atoms with E-state index in [-0.39, 0.29) is 11.9 Å². The molecule has 1 aromatic carbocycles. The van der Waals surface area contributed by atoms with E-state index >= 15 is 0 Å². The number of likely N-dealkylation sites (N-methyl/N-ethyl adjacent to an activating group) is 1. The van der Waals surface area contributed by atoms with Gasteiger partial charge in [-0.25, -0.2) is 0 Å². The Morgan fingerprint density at radius 3 is 2.85 bits per heavy atom. The fraction of sp³-hybridized carbons (Fsp3) is 0.312. The molecule has 1 aromatic heterocycles. The summed E-state index contributed by atoms with van der Waals surface area (Å²) in [6, 6.07) is 12.0. The number of amides is 1. The Morgan fingerprint density at radius 1 is 1.30 bits per heavy atom. The molecule has 20 heavy (non-hydrogen) atoms. The van der Waals surface area contributed by atoms with Gasteiger partial charge in [-0.05, 0) is 29.0 Å². The molecule has 0 bridgehead atoms. The maximum absolute atomic E-state index is 12.3. The van der Waals surface area contributed by atoms with E-state index < -0.39 is 0 Å². The van der Waals surface area contributed by atoms with Crippen molar-refractivity contribution in [3.05, 3.63) is 57.8 Å². The lowest BCUT2D eigenvalue weighted by Crippen LogP contribution is -2.41. The summed E-state index contributed by atoms with van der Waals surface area (Å²) in [5, 5.41) is 4.95. The molecule has 1 amide bonds. The third-order valence-electron chi connectivity index (χ3n) is 3.81. The van der Waals surface area contributed by atoms with Crippen LogP contribution in [0, 0.1) is 0 Å². The van der Waals surface area contributed by atoms with Crippen molar-refractivity contribution in [2.45, 2.75) is 19.0 Å². The summed E-state index contributed by atoms with van der Waals surface area (Å²) in [5.41, 5.74) is 2.43.